The molecule has 0 saturated carbocycles. The van der Waals surface area contributed by atoms with Crippen molar-refractivity contribution in [1.82, 2.24) is 0 Å². The van der Waals surface area contributed by atoms with Gasteiger partial charge >= 0.3 is 11.9 Å². The van der Waals surface area contributed by atoms with E-state index in [2.05, 4.69) is 4.74 Å². The summed E-state index contributed by atoms with van der Waals surface area (Å²) in [5.74, 6) is -0.676. The molecule has 0 amide bonds. The average Bonchev–Trinajstić information content (AvgIpc) is 2.76. The van der Waals surface area contributed by atoms with E-state index in [1.165, 1.54) is 14.2 Å². The molecule has 0 fully saturated rings. The lowest BCUT2D eigenvalue weighted by molar-refractivity contribution is -0.154. The molecule has 0 aliphatic rings. The van der Waals surface area contributed by atoms with Crippen LogP contribution in [0.3, 0.4) is 0 Å². The number of hydrogen-bond acceptors (Lipinski definition) is 8. The van der Waals surface area contributed by atoms with E-state index in [-0.39, 0.29) is 12.6 Å². The molecule has 32 heavy (non-hydrogen) atoms. The normalized spacial score (nSPS) is 12.3. The molecule has 0 aliphatic carbocycles. The van der Waals surface area contributed by atoms with Gasteiger partial charge in [0.15, 0.2) is 6.10 Å². The first-order chi connectivity index (χ1) is 15.3. The number of ether oxygens (including phenoxy) is 3. The molecule has 9 heteroatoms. The van der Waals surface area contributed by atoms with Crippen LogP contribution in [-0.2, 0) is 50.9 Å². The fourth-order valence-corrected chi connectivity index (χ4v) is 3.64. The fraction of sp³-hybridized carbons (Fsp3) is 0.652. The van der Waals surface area contributed by atoms with E-state index in [9.17, 15) is 18.0 Å². The standard InChI is InChI=1S/C23H36O8S/c1-28-22(24)15-9-11-16-30-21(23(25)29-2)18-20-14-8-7-13-19(20)12-6-4-5-10-17-31-32(3,26)27/h7-8,13-14,21H,4-6,9-12,15-18H2,1-3H3. The van der Waals surface area contributed by atoms with Crippen molar-refractivity contribution in [2.45, 2.75) is 63.9 Å². The summed E-state index contributed by atoms with van der Waals surface area (Å²) in [5.41, 5.74) is 2.20. The first-order valence-electron chi connectivity index (χ1n) is 10.9. The van der Waals surface area contributed by atoms with Crippen LogP contribution in [-0.4, -0.2) is 60.1 Å². The van der Waals surface area contributed by atoms with Crippen LogP contribution in [0.2, 0.25) is 0 Å². The number of hydrogen-bond donors (Lipinski definition) is 0. The van der Waals surface area contributed by atoms with Crippen molar-refractivity contribution in [2.24, 2.45) is 0 Å². The number of unbranched alkanes of at least 4 members (excludes halogenated alkanes) is 4. The maximum absolute atomic E-state index is 12.2. The summed E-state index contributed by atoms with van der Waals surface area (Å²) in [5, 5.41) is 0. The highest BCUT2D eigenvalue weighted by Crippen LogP contribution is 2.17. The van der Waals surface area contributed by atoms with Gasteiger partial charge in [0.05, 0.1) is 27.1 Å². The SMILES string of the molecule is COC(=O)CCCCOC(Cc1ccccc1CCCCCCOS(C)(=O)=O)C(=O)OC. The Kier molecular flexibility index (Phi) is 13.8. The third-order valence-electron chi connectivity index (χ3n) is 4.95. The van der Waals surface area contributed by atoms with Gasteiger partial charge in [0.2, 0.25) is 0 Å². The first kappa shape index (κ1) is 28.1. The molecule has 0 spiro atoms. The van der Waals surface area contributed by atoms with Gasteiger partial charge in [-0.05, 0) is 43.2 Å². The van der Waals surface area contributed by atoms with E-state index in [0.29, 0.717) is 38.7 Å². The quantitative estimate of drug-likeness (QED) is 0.193. The molecule has 0 N–H and O–H groups in total. The number of esters is 2. The van der Waals surface area contributed by atoms with Crippen LogP contribution in [0.1, 0.15) is 56.1 Å². The maximum atomic E-state index is 12.2. The van der Waals surface area contributed by atoms with Crippen molar-refractivity contribution in [2.75, 3.05) is 33.7 Å². The van der Waals surface area contributed by atoms with Gasteiger partial charge in [-0.25, -0.2) is 4.79 Å². The van der Waals surface area contributed by atoms with Gasteiger partial charge in [-0.2, -0.15) is 8.42 Å². The fourth-order valence-electron chi connectivity index (χ4n) is 3.22. The molecular weight excluding hydrogens is 436 g/mol. The van der Waals surface area contributed by atoms with Crippen LogP contribution < -0.4 is 0 Å². The monoisotopic (exact) mass is 472 g/mol. The second-order valence-electron chi connectivity index (χ2n) is 7.58. The summed E-state index contributed by atoms with van der Waals surface area (Å²) in [6.45, 7) is 0.571. The van der Waals surface area contributed by atoms with Crippen molar-refractivity contribution < 1.29 is 36.4 Å². The number of aryl methyl sites for hydroxylation is 1. The van der Waals surface area contributed by atoms with Crippen LogP contribution in [0.4, 0.5) is 0 Å². The Balaban J connectivity index is 2.49. The third-order valence-corrected chi connectivity index (χ3v) is 5.54. The highest BCUT2D eigenvalue weighted by molar-refractivity contribution is 7.85. The molecule has 1 rings (SSSR count). The topological polar surface area (TPSA) is 105 Å². The lowest BCUT2D eigenvalue weighted by Crippen LogP contribution is -2.29. The van der Waals surface area contributed by atoms with E-state index in [1.54, 1.807) is 0 Å². The molecule has 0 bridgehead atoms. The third kappa shape index (κ3) is 12.8. The largest absolute Gasteiger partial charge is 0.469 e. The molecule has 0 radical (unpaired) electrons. The molecule has 1 unspecified atom stereocenters. The predicted molar refractivity (Wildman–Crippen MR) is 121 cm³/mol. The van der Waals surface area contributed by atoms with Crippen LogP contribution in [0.5, 0.6) is 0 Å². The van der Waals surface area contributed by atoms with Crippen molar-refractivity contribution in [3.8, 4) is 0 Å². The minimum atomic E-state index is -3.37. The molecule has 182 valence electrons. The van der Waals surface area contributed by atoms with Gasteiger partial charge in [-0.15, -0.1) is 0 Å². The number of benzene rings is 1. The molecule has 1 aromatic rings. The Bertz CT molecular complexity index is 791. The lowest BCUT2D eigenvalue weighted by Gasteiger charge is -2.18. The lowest BCUT2D eigenvalue weighted by atomic mass is 9.97. The Morgan fingerprint density at radius 2 is 1.53 bits per heavy atom. The number of rotatable bonds is 17. The van der Waals surface area contributed by atoms with Gasteiger partial charge in [0.25, 0.3) is 10.1 Å². The summed E-state index contributed by atoms with van der Waals surface area (Å²) in [6.07, 6.45) is 6.72. The zero-order valence-electron chi connectivity index (χ0n) is 19.3. The van der Waals surface area contributed by atoms with E-state index >= 15 is 0 Å². The van der Waals surface area contributed by atoms with E-state index < -0.39 is 22.2 Å². The average molecular weight is 473 g/mol. The second-order valence-corrected chi connectivity index (χ2v) is 9.22. The molecule has 1 atom stereocenters. The molecule has 0 aromatic heterocycles. The highest BCUT2D eigenvalue weighted by Gasteiger charge is 2.21. The summed E-state index contributed by atoms with van der Waals surface area (Å²) in [7, 11) is -0.671. The van der Waals surface area contributed by atoms with Crippen LogP contribution in [0.15, 0.2) is 24.3 Å². The number of carbonyl (C=O) groups is 2. The van der Waals surface area contributed by atoms with Crippen molar-refractivity contribution in [1.29, 1.82) is 0 Å². The van der Waals surface area contributed by atoms with Crippen molar-refractivity contribution in [3.63, 3.8) is 0 Å². The predicted octanol–water partition coefficient (Wildman–Crippen LogP) is 3.21. The first-order valence-corrected chi connectivity index (χ1v) is 12.8. The molecule has 1 aromatic carbocycles. The highest BCUT2D eigenvalue weighted by atomic mass is 32.2. The zero-order valence-corrected chi connectivity index (χ0v) is 20.2. The number of methoxy groups -OCH3 is 2. The van der Waals surface area contributed by atoms with Gasteiger partial charge in [0.1, 0.15) is 0 Å². The van der Waals surface area contributed by atoms with Gasteiger partial charge < -0.3 is 14.2 Å². The summed E-state index contributed by atoms with van der Waals surface area (Å²) in [4.78, 5) is 23.4. The molecule has 0 saturated heterocycles. The molecule has 8 nitrogen and oxygen atoms in total. The van der Waals surface area contributed by atoms with Crippen molar-refractivity contribution in [3.05, 3.63) is 35.4 Å². The Hall–Kier alpha value is -1.97. The second kappa shape index (κ2) is 15.8. The van der Waals surface area contributed by atoms with Gasteiger partial charge in [0, 0.05) is 19.4 Å². The summed E-state index contributed by atoms with van der Waals surface area (Å²) < 4.78 is 42.0. The summed E-state index contributed by atoms with van der Waals surface area (Å²) >= 11 is 0. The minimum Gasteiger partial charge on any atom is -0.469 e. The van der Waals surface area contributed by atoms with Gasteiger partial charge in [-0.1, -0.05) is 37.1 Å². The smallest absolute Gasteiger partial charge is 0.335 e. The van der Waals surface area contributed by atoms with Crippen LogP contribution in [0, 0.1) is 0 Å². The minimum absolute atomic E-state index is 0.215. The Morgan fingerprint density at radius 3 is 2.19 bits per heavy atom. The van der Waals surface area contributed by atoms with E-state index in [1.807, 2.05) is 24.3 Å². The van der Waals surface area contributed by atoms with Crippen molar-refractivity contribution >= 4 is 22.1 Å². The molecule has 0 heterocycles. The van der Waals surface area contributed by atoms with Crippen LogP contribution >= 0.6 is 0 Å². The molecule has 0 aliphatic heterocycles. The maximum Gasteiger partial charge on any atom is 0.335 e. The van der Waals surface area contributed by atoms with E-state index in [0.717, 1.165) is 43.1 Å². The van der Waals surface area contributed by atoms with E-state index in [4.69, 9.17) is 13.7 Å². The Morgan fingerprint density at radius 1 is 0.875 bits per heavy atom. The Labute approximate surface area is 191 Å². The molecular formula is C23H36O8S. The summed E-state index contributed by atoms with van der Waals surface area (Å²) in [6, 6.07) is 7.95. The zero-order chi connectivity index (χ0) is 23.8. The van der Waals surface area contributed by atoms with Crippen LogP contribution in [0.25, 0.3) is 0 Å². The number of carbonyl (C=O) groups excluding carboxylic acids is 2. The van der Waals surface area contributed by atoms with Gasteiger partial charge in [-0.3, -0.25) is 8.98 Å².